The number of benzene rings is 2. The molecule has 1 aliphatic rings. The summed E-state index contributed by atoms with van der Waals surface area (Å²) in [6.07, 6.45) is 8.00. The van der Waals surface area contributed by atoms with Gasteiger partial charge in [-0.3, -0.25) is 0 Å². The number of anilines is 1. The summed E-state index contributed by atoms with van der Waals surface area (Å²) in [4.78, 5) is 14.0. The molecule has 1 aliphatic carbocycles. The molecule has 0 saturated heterocycles. The number of hydrogen-bond donors (Lipinski definition) is 3. The summed E-state index contributed by atoms with van der Waals surface area (Å²) in [6, 6.07) is 13.6. The average Bonchev–Trinajstić information content (AvgIpc) is 2.80. The highest BCUT2D eigenvalue weighted by atomic mass is 35.5. The highest BCUT2D eigenvalue weighted by molar-refractivity contribution is 6.30. The number of hydrogen-bond acceptors (Lipinski definition) is 5. The van der Waals surface area contributed by atoms with Gasteiger partial charge in [0, 0.05) is 10.4 Å². The Balaban J connectivity index is 1.71. The van der Waals surface area contributed by atoms with Crippen LogP contribution in [0.15, 0.2) is 47.5 Å². The van der Waals surface area contributed by atoms with E-state index in [0.29, 0.717) is 17.5 Å². The summed E-state index contributed by atoms with van der Waals surface area (Å²) in [5.74, 6) is 2.26. The fourth-order valence-electron chi connectivity index (χ4n) is 4.11. The van der Waals surface area contributed by atoms with Crippen molar-refractivity contribution in [2.24, 2.45) is 16.5 Å². The van der Waals surface area contributed by atoms with Crippen molar-refractivity contribution >= 4 is 46.4 Å². The molecule has 1 aromatic heterocycles. The van der Waals surface area contributed by atoms with Gasteiger partial charge in [-0.15, -0.1) is 0 Å². The minimum absolute atomic E-state index is 0.0110. The van der Waals surface area contributed by atoms with Gasteiger partial charge < -0.3 is 21.5 Å². The maximum atomic E-state index is 5.99. The number of ether oxygens (including phenoxy) is 1. The molecule has 1 heterocycles. The molecule has 1 fully saturated rings. The van der Waals surface area contributed by atoms with E-state index < -0.39 is 0 Å². The quantitative estimate of drug-likeness (QED) is 0.340. The number of nitrogens with zero attached hydrogens (tertiary/aromatic N) is 3. The number of fused-ring (bicyclic) bond motifs is 1. The number of aliphatic imine (C=N–C) groups is 1. The molecule has 2 aromatic carbocycles. The van der Waals surface area contributed by atoms with E-state index in [0.717, 1.165) is 53.7 Å². The lowest BCUT2D eigenvalue weighted by atomic mass is 9.90. The summed E-state index contributed by atoms with van der Waals surface area (Å²) < 4.78 is 5.71. The summed E-state index contributed by atoms with van der Waals surface area (Å²) in [6.45, 7) is 2.55. The van der Waals surface area contributed by atoms with Crippen molar-refractivity contribution in [3.8, 4) is 5.75 Å². The molecule has 33 heavy (non-hydrogen) atoms. The van der Waals surface area contributed by atoms with Gasteiger partial charge in [-0.1, -0.05) is 42.7 Å². The second-order valence-corrected chi connectivity index (χ2v) is 8.52. The number of rotatable bonds is 7. The SMILES string of the molecule is CCOc1ccc2nc(C=Cc3ccc(Cl)cc3)nc(NC3CCCCC3N=C(N)N)c2c1. The number of guanidine groups is 1. The Kier molecular flexibility index (Phi) is 7.29. The Bertz CT molecular complexity index is 1160. The molecule has 2 unspecified atom stereocenters. The zero-order valence-electron chi connectivity index (χ0n) is 18.7. The minimum Gasteiger partial charge on any atom is -0.494 e. The van der Waals surface area contributed by atoms with Crippen LogP contribution in [0.4, 0.5) is 5.82 Å². The third-order valence-corrected chi connectivity index (χ3v) is 5.91. The van der Waals surface area contributed by atoms with Gasteiger partial charge in [0.2, 0.25) is 0 Å². The van der Waals surface area contributed by atoms with E-state index in [2.05, 4.69) is 10.3 Å². The summed E-state index contributed by atoms with van der Waals surface area (Å²) >= 11 is 5.99. The first kappa shape index (κ1) is 22.9. The Hall–Kier alpha value is -3.32. The van der Waals surface area contributed by atoms with Crippen LogP contribution >= 0.6 is 11.6 Å². The molecule has 0 aliphatic heterocycles. The van der Waals surface area contributed by atoms with Crippen molar-refractivity contribution in [1.82, 2.24) is 9.97 Å². The zero-order valence-corrected chi connectivity index (χ0v) is 19.4. The van der Waals surface area contributed by atoms with E-state index in [-0.39, 0.29) is 18.0 Å². The van der Waals surface area contributed by atoms with Gasteiger partial charge in [0.15, 0.2) is 11.8 Å². The van der Waals surface area contributed by atoms with Gasteiger partial charge in [-0.2, -0.15) is 0 Å². The highest BCUT2D eigenvalue weighted by Gasteiger charge is 2.26. The number of nitrogens with two attached hydrogens (primary N) is 2. The molecule has 1 saturated carbocycles. The van der Waals surface area contributed by atoms with E-state index in [4.69, 9.17) is 37.8 Å². The maximum absolute atomic E-state index is 5.99. The summed E-state index contributed by atoms with van der Waals surface area (Å²) in [5, 5.41) is 5.22. The molecule has 172 valence electrons. The largest absolute Gasteiger partial charge is 0.494 e. The molecule has 0 bridgehead atoms. The third-order valence-electron chi connectivity index (χ3n) is 5.66. The van der Waals surface area contributed by atoms with E-state index >= 15 is 0 Å². The molecular formula is C25H29ClN6O. The molecule has 4 rings (SSSR count). The van der Waals surface area contributed by atoms with Gasteiger partial charge >= 0.3 is 0 Å². The minimum atomic E-state index is 0.0110. The predicted octanol–water partition coefficient (Wildman–Crippen LogP) is 4.85. The van der Waals surface area contributed by atoms with E-state index in [9.17, 15) is 0 Å². The van der Waals surface area contributed by atoms with E-state index in [1.807, 2.05) is 61.5 Å². The molecule has 5 N–H and O–H groups in total. The number of aromatic nitrogens is 2. The van der Waals surface area contributed by atoms with Crippen molar-refractivity contribution in [2.45, 2.75) is 44.7 Å². The van der Waals surface area contributed by atoms with Gasteiger partial charge in [-0.25, -0.2) is 15.0 Å². The molecule has 0 spiro atoms. The van der Waals surface area contributed by atoms with E-state index in [1.165, 1.54) is 0 Å². The van der Waals surface area contributed by atoms with Crippen LogP contribution in [-0.4, -0.2) is 34.6 Å². The molecule has 0 amide bonds. The zero-order chi connectivity index (χ0) is 23.2. The number of nitrogens with one attached hydrogen (secondary N) is 1. The monoisotopic (exact) mass is 464 g/mol. The van der Waals surface area contributed by atoms with Crippen LogP contribution < -0.4 is 21.5 Å². The first-order chi connectivity index (χ1) is 16.0. The summed E-state index contributed by atoms with van der Waals surface area (Å²) in [7, 11) is 0. The van der Waals surface area contributed by atoms with Crippen LogP contribution in [-0.2, 0) is 0 Å². The molecule has 7 nitrogen and oxygen atoms in total. The van der Waals surface area contributed by atoms with Crippen molar-refractivity contribution in [2.75, 3.05) is 11.9 Å². The van der Waals surface area contributed by atoms with Crippen molar-refractivity contribution < 1.29 is 4.74 Å². The first-order valence-corrected chi connectivity index (χ1v) is 11.6. The fourth-order valence-corrected chi connectivity index (χ4v) is 4.24. The lowest BCUT2D eigenvalue weighted by molar-refractivity contribution is 0.340. The average molecular weight is 465 g/mol. The van der Waals surface area contributed by atoms with Gasteiger partial charge in [0.25, 0.3) is 0 Å². The second kappa shape index (κ2) is 10.5. The summed E-state index contributed by atoms with van der Waals surface area (Å²) in [5.41, 5.74) is 13.2. The van der Waals surface area contributed by atoms with Crippen molar-refractivity contribution in [1.29, 1.82) is 0 Å². The van der Waals surface area contributed by atoms with Crippen LogP contribution in [0.25, 0.3) is 23.1 Å². The van der Waals surface area contributed by atoms with Gasteiger partial charge in [0.05, 0.1) is 24.2 Å². The van der Waals surface area contributed by atoms with Crippen LogP contribution in [0, 0.1) is 0 Å². The Labute approximate surface area is 198 Å². The normalized spacial score (nSPS) is 18.4. The van der Waals surface area contributed by atoms with Crippen LogP contribution in [0.5, 0.6) is 5.75 Å². The first-order valence-electron chi connectivity index (χ1n) is 11.3. The molecule has 0 radical (unpaired) electrons. The Morgan fingerprint density at radius 1 is 1.12 bits per heavy atom. The highest BCUT2D eigenvalue weighted by Crippen LogP contribution is 2.30. The van der Waals surface area contributed by atoms with Crippen LogP contribution in [0.1, 0.15) is 44.0 Å². The molecular weight excluding hydrogens is 436 g/mol. The maximum Gasteiger partial charge on any atom is 0.186 e. The fraction of sp³-hybridized carbons (Fsp3) is 0.320. The third kappa shape index (κ3) is 5.93. The smallest absolute Gasteiger partial charge is 0.186 e. The van der Waals surface area contributed by atoms with Crippen LogP contribution in [0.3, 0.4) is 0 Å². The van der Waals surface area contributed by atoms with E-state index in [1.54, 1.807) is 0 Å². The topological polar surface area (TPSA) is 111 Å². The van der Waals surface area contributed by atoms with Crippen molar-refractivity contribution in [3.63, 3.8) is 0 Å². The molecule has 3 aromatic rings. The lowest BCUT2D eigenvalue weighted by Gasteiger charge is -2.30. The molecule has 2 atom stereocenters. The predicted molar refractivity (Wildman–Crippen MR) is 137 cm³/mol. The molecule has 8 heteroatoms. The van der Waals surface area contributed by atoms with Crippen LogP contribution in [0.2, 0.25) is 5.02 Å². The van der Waals surface area contributed by atoms with Crippen molar-refractivity contribution in [3.05, 3.63) is 58.9 Å². The lowest BCUT2D eigenvalue weighted by Crippen LogP contribution is -2.38. The second-order valence-electron chi connectivity index (χ2n) is 8.08. The van der Waals surface area contributed by atoms with Gasteiger partial charge in [0.1, 0.15) is 11.6 Å². The van der Waals surface area contributed by atoms with Gasteiger partial charge in [-0.05, 0) is 61.7 Å². The Morgan fingerprint density at radius 3 is 2.67 bits per heavy atom. The standard InChI is InChI=1S/C25H29ClN6O/c1-2-33-18-12-13-20-19(15-18)24(30-21-5-3-4-6-22(21)31-25(27)28)32-23(29-20)14-9-16-7-10-17(26)11-8-16/h7-15,21-22H,2-6H2,1H3,(H4,27,28,31)(H,29,30,32). The number of halogens is 1. The Morgan fingerprint density at radius 2 is 1.91 bits per heavy atom.